The third kappa shape index (κ3) is 5.96. The molecule has 0 bridgehead atoms. The fourth-order valence-corrected chi connectivity index (χ4v) is 3.02. The lowest BCUT2D eigenvalue weighted by molar-refractivity contribution is -0.155. The molecule has 0 atom stereocenters. The van der Waals surface area contributed by atoms with Crippen molar-refractivity contribution in [3.05, 3.63) is 57.8 Å². The first-order chi connectivity index (χ1) is 12.2. The number of esters is 1. The van der Waals surface area contributed by atoms with E-state index in [9.17, 15) is 19.1 Å². The first-order valence-electron chi connectivity index (χ1n) is 7.98. The van der Waals surface area contributed by atoms with Crippen LogP contribution in [0, 0.1) is 5.82 Å². The lowest BCUT2D eigenvalue weighted by Crippen LogP contribution is -2.28. The minimum Gasteiger partial charge on any atom is -0.459 e. The van der Waals surface area contributed by atoms with Crippen LogP contribution in [0.15, 0.2) is 40.4 Å². The van der Waals surface area contributed by atoms with E-state index in [-0.39, 0.29) is 17.9 Å². The zero-order valence-corrected chi connectivity index (χ0v) is 15.7. The summed E-state index contributed by atoms with van der Waals surface area (Å²) in [4.78, 5) is 28.0. The lowest BCUT2D eigenvalue weighted by Gasteiger charge is -2.20. The Morgan fingerprint density at radius 2 is 1.96 bits per heavy atom. The van der Waals surface area contributed by atoms with Crippen LogP contribution in [-0.2, 0) is 28.4 Å². The van der Waals surface area contributed by atoms with E-state index in [0.29, 0.717) is 10.9 Å². The zero-order chi connectivity index (χ0) is 19.3. The van der Waals surface area contributed by atoms with Gasteiger partial charge in [0.15, 0.2) is 5.16 Å². The van der Waals surface area contributed by atoms with Crippen molar-refractivity contribution in [2.75, 3.05) is 0 Å². The molecule has 8 heteroatoms. The molecular weight excluding hydrogens is 359 g/mol. The molecular formula is C18H21FN2O4S. The van der Waals surface area contributed by atoms with Crippen LogP contribution >= 0.6 is 11.8 Å². The lowest BCUT2D eigenvalue weighted by atomic mass is 10.2. The normalized spacial score (nSPS) is 11.4. The Morgan fingerprint density at radius 3 is 2.54 bits per heavy atom. The number of halogens is 1. The van der Waals surface area contributed by atoms with Crippen molar-refractivity contribution in [1.29, 1.82) is 0 Å². The Labute approximate surface area is 155 Å². The number of carbonyl (C=O) groups excluding carboxylic acids is 1. The highest BCUT2D eigenvalue weighted by atomic mass is 32.2. The molecule has 26 heavy (non-hydrogen) atoms. The summed E-state index contributed by atoms with van der Waals surface area (Å²) in [5, 5.41) is 9.60. The number of ether oxygens (including phenoxy) is 1. The Bertz CT molecular complexity index is 829. The topological polar surface area (TPSA) is 81.4 Å². The van der Waals surface area contributed by atoms with Crippen LogP contribution in [0.25, 0.3) is 0 Å². The Hall–Kier alpha value is -2.19. The Balaban J connectivity index is 2.22. The van der Waals surface area contributed by atoms with Crippen molar-refractivity contribution in [3.8, 4) is 0 Å². The second-order valence-electron chi connectivity index (χ2n) is 6.64. The quantitative estimate of drug-likeness (QED) is 0.471. The summed E-state index contributed by atoms with van der Waals surface area (Å²) in [5.74, 6) is -0.360. The van der Waals surface area contributed by atoms with Crippen LogP contribution in [0.3, 0.4) is 0 Å². The summed E-state index contributed by atoms with van der Waals surface area (Å²) in [7, 11) is 0. The molecule has 1 N–H and O–H groups in total. The van der Waals surface area contributed by atoms with Crippen molar-refractivity contribution in [2.45, 2.75) is 50.4 Å². The van der Waals surface area contributed by atoms with E-state index in [4.69, 9.17) is 4.74 Å². The summed E-state index contributed by atoms with van der Waals surface area (Å²) in [6.45, 7) is 4.68. The van der Waals surface area contributed by atoms with Gasteiger partial charge in [-0.05, 0) is 38.5 Å². The molecule has 0 spiro atoms. The number of benzene rings is 1. The SMILES string of the molecule is CC(C)(C)OC(=O)Cn1cc(CO)c(=O)nc1SCc1ccc(F)cc1. The standard InChI is InChI=1S/C18H21FN2O4S/c1-18(2,3)25-15(23)9-21-8-13(10-22)16(24)20-17(21)26-11-12-4-6-14(19)7-5-12/h4-8,22H,9-11H2,1-3H3. The second kappa shape index (κ2) is 8.46. The highest BCUT2D eigenvalue weighted by molar-refractivity contribution is 7.98. The van der Waals surface area contributed by atoms with Crippen LogP contribution in [0.5, 0.6) is 0 Å². The van der Waals surface area contributed by atoms with Gasteiger partial charge in [0.2, 0.25) is 0 Å². The van der Waals surface area contributed by atoms with Crippen molar-refractivity contribution >= 4 is 17.7 Å². The number of aliphatic hydroxyl groups is 1. The van der Waals surface area contributed by atoms with Gasteiger partial charge in [0.1, 0.15) is 18.0 Å². The predicted molar refractivity (Wildman–Crippen MR) is 96.2 cm³/mol. The van der Waals surface area contributed by atoms with Crippen LogP contribution in [-0.4, -0.2) is 26.2 Å². The molecule has 140 valence electrons. The van der Waals surface area contributed by atoms with Crippen LogP contribution in [0.4, 0.5) is 4.39 Å². The summed E-state index contributed by atoms with van der Waals surface area (Å²) < 4.78 is 19.8. The number of aromatic nitrogens is 2. The van der Waals surface area contributed by atoms with Crippen LogP contribution in [0.2, 0.25) is 0 Å². The molecule has 0 unspecified atom stereocenters. The van der Waals surface area contributed by atoms with Crippen molar-refractivity contribution in [3.63, 3.8) is 0 Å². The molecule has 0 aliphatic heterocycles. The highest BCUT2D eigenvalue weighted by Crippen LogP contribution is 2.21. The van der Waals surface area contributed by atoms with E-state index < -0.39 is 23.7 Å². The predicted octanol–water partition coefficient (Wildman–Crippen LogP) is 2.51. The minimum absolute atomic E-state index is 0.0969. The van der Waals surface area contributed by atoms with Gasteiger partial charge in [-0.25, -0.2) is 4.39 Å². The number of hydrogen-bond donors (Lipinski definition) is 1. The van der Waals surface area contributed by atoms with Crippen molar-refractivity contribution in [1.82, 2.24) is 9.55 Å². The maximum Gasteiger partial charge on any atom is 0.326 e. The van der Waals surface area contributed by atoms with Gasteiger partial charge in [-0.1, -0.05) is 23.9 Å². The molecule has 6 nitrogen and oxygen atoms in total. The fraction of sp³-hybridized carbons (Fsp3) is 0.389. The van der Waals surface area contributed by atoms with Crippen molar-refractivity contribution < 1.29 is 19.0 Å². The minimum atomic E-state index is -0.634. The first-order valence-corrected chi connectivity index (χ1v) is 8.97. The number of nitrogens with zero attached hydrogens (tertiary/aromatic N) is 2. The van der Waals surface area contributed by atoms with Gasteiger partial charge < -0.3 is 14.4 Å². The maximum atomic E-state index is 13.0. The van der Waals surface area contributed by atoms with E-state index in [1.165, 1.54) is 34.7 Å². The largest absolute Gasteiger partial charge is 0.459 e. The molecule has 0 amide bonds. The maximum absolute atomic E-state index is 13.0. The van der Waals surface area contributed by atoms with Gasteiger partial charge >= 0.3 is 5.97 Å². The molecule has 0 saturated heterocycles. The number of thioether (sulfide) groups is 1. The summed E-state index contributed by atoms with van der Waals surface area (Å²) >= 11 is 1.24. The number of hydrogen-bond acceptors (Lipinski definition) is 6. The molecule has 2 rings (SSSR count). The molecule has 1 aromatic carbocycles. The molecule has 0 aliphatic carbocycles. The van der Waals surface area contributed by atoms with Gasteiger partial charge in [-0.2, -0.15) is 4.98 Å². The smallest absolute Gasteiger partial charge is 0.326 e. The summed E-state index contributed by atoms with van der Waals surface area (Å²) in [6.07, 6.45) is 1.41. The monoisotopic (exact) mass is 380 g/mol. The van der Waals surface area contributed by atoms with Gasteiger partial charge in [0.05, 0.1) is 12.2 Å². The summed E-state index contributed by atoms with van der Waals surface area (Å²) in [6, 6.07) is 5.99. The Kier molecular flexibility index (Phi) is 6.55. The molecule has 0 saturated carbocycles. The number of rotatable bonds is 6. The van der Waals surface area contributed by atoms with E-state index in [1.807, 2.05) is 0 Å². The average molecular weight is 380 g/mol. The molecule has 1 aromatic heterocycles. The van der Waals surface area contributed by atoms with E-state index in [0.717, 1.165) is 5.56 Å². The summed E-state index contributed by atoms with van der Waals surface area (Å²) in [5.41, 5.74) is -0.236. The van der Waals surface area contributed by atoms with E-state index in [1.54, 1.807) is 32.9 Å². The molecule has 0 fully saturated rings. The number of carbonyl (C=O) groups is 1. The van der Waals surface area contributed by atoms with Crippen LogP contribution in [0.1, 0.15) is 31.9 Å². The zero-order valence-electron chi connectivity index (χ0n) is 14.9. The molecule has 0 aliphatic rings. The molecule has 2 aromatic rings. The van der Waals surface area contributed by atoms with Gasteiger partial charge in [-0.3, -0.25) is 9.59 Å². The third-order valence-electron chi connectivity index (χ3n) is 3.20. The second-order valence-corrected chi connectivity index (χ2v) is 7.58. The van der Waals surface area contributed by atoms with E-state index >= 15 is 0 Å². The third-order valence-corrected chi connectivity index (χ3v) is 4.26. The van der Waals surface area contributed by atoms with Gasteiger partial charge in [0, 0.05) is 11.9 Å². The first kappa shape index (κ1) is 20.1. The Morgan fingerprint density at radius 1 is 1.31 bits per heavy atom. The molecule has 0 radical (unpaired) electrons. The average Bonchev–Trinajstić information content (AvgIpc) is 2.54. The van der Waals surface area contributed by atoms with Crippen LogP contribution < -0.4 is 5.56 Å². The highest BCUT2D eigenvalue weighted by Gasteiger charge is 2.18. The van der Waals surface area contributed by atoms with Gasteiger partial charge in [0.25, 0.3) is 5.56 Å². The van der Waals surface area contributed by atoms with E-state index in [2.05, 4.69) is 4.98 Å². The van der Waals surface area contributed by atoms with Crippen molar-refractivity contribution in [2.24, 2.45) is 0 Å². The van der Waals surface area contributed by atoms with Gasteiger partial charge in [-0.15, -0.1) is 0 Å². The fourth-order valence-electron chi connectivity index (χ4n) is 2.10. The molecule has 1 heterocycles. The number of aliphatic hydroxyl groups excluding tert-OH is 1.